The topological polar surface area (TPSA) is 28.2 Å². The lowest BCUT2D eigenvalue weighted by Crippen LogP contribution is -2.28. The standard InChI is InChI=1S/C18H31N3/c1-6-7-19-11-16-9-17(13(2)3)20-18(10-16)21-12-14(4)8-15(21)5/h9-10,13-15,19H,6-8,11-12H2,1-5H3. The molecule has 2 unspecified atom stereocenters. The van der Waals surface area contributed by atoms with Crippen LogP contribution < -0.4 is 10.2 Å². The second-order valence-electron chi connectivity index (χ2n) is 6.93. The summed E-state index contributed by atoms with van der Waals surface area (Å²) in [6.45, 7) is 14.5. The van der Waals surface area contributed by atoms with Crippen molar-refractivity contribution in [1.29, 1.82) is 0 Å². The highest BCUT2D eigenvalue weighted by atomic mass is 15.2. The first kappa shape index (κ1) is 16.3. The van der Waals surface area contributed by atoms with Crippen LogP contribution in [0.4, 0.5) is 5.82 Å². The van der Waals surface area contributed by atoms with Crippen molar-refractivity contribution >= 4 is 5.82 Å². The summed E-state index contributed by atoms with van der Waals surface area (Å²) in [6.07, 6.45) is 2.45. The lowest BCUT2D eigenvalue weighted by Gasteiger charge is -2.24. The third-order valence-corrected chi connectivity index (χ3v) is 4.32. The third kappa shape index (κ3) is 4.19. The Morgan fingerprint density at radius 3 is 2.67 bits per heavy atom. The van der Waals surface area contributed by atoms with E-state index in [4.69, 9.17) is 4.98 Å². The average molecular weight is 289 g/mol. The third-order valence-electron chi connectivity index (χ3n) is 4.32. The van der Waals surface area contributed by atoms with Crippen LogP contribution in [0.3, 0.4) is 0 Å². The van der Waals surface area contributed by atoms with Gasteiger partial charge in [0.1, 0.15) is 5.82 Å². The molecule has 1 aliphatic rings. The summed E-state index contributed by atoms with van der Waals surface area (Å²) in [5.41, 5.74) is 2.58. The molecule has 2 heterocycles. The molecule has 0 aromatic carbocycles. The highest BCUT2D eigenvalue weighted by molar-refractivity contribution is 5.45. The Bertz CT molecular complexity index is 456. The van der Waals surface area contributed by atoms with Crippen LogP contribution in [0.5, 0.6) is 0 Å². The van der Waals surface area contributed by atoms with E-state index in [2.05, 4.69) is 57.0 Å². The van der Waals surface area contributed by atoms with Crippen LogP contribution in [0, 0.1) is 5.92 Å². The van der Waals surface area contributed by atoms with E-state index in [1.54, 1.807) is 0 Å². The van der Waals surface area contributed by atoms with Gasteiger partial charge in [-0.2, -0.15) is 0 Å². The minimum atomic E-state index is 0.477. The van der Waals surface area contributed by atoms with Crippen LogP contribution in [0.25, 0.3) is 0 Å². The first-order chi connectivity index (χ1) is 10.0. The van der Waals surface area contributed by atoms with Crippen LogP contribution in [0.2, 0.25) is 0 Å². The van der Waals surface area contributed by atoms with E-state index in [1.165, 1.54) is 29.9 Å². The number of nitrogens with zero attached hydrogens (tertiary/aromatic N) is 2. The number of hydrogen-bond donors (Lipinski definition) is 1. The van der Waals surface area contributed by atoms with Gasteiger partial charge in [0.25, 0.3) is 0 Å². The lowest BCUT2D eigenvalue weighted by atomic mass is 10.1. The molecule has 1 aromatic heterocycles. The maximum Gasteiger partial charge on any atom is 0.129 e. The number of aromatic nitrogens is 1. The summed E-state index contributed by atoms with van der Waals surface area (Å²) in [6, 6.07) is 5.15. The highest BCUT2D eigenvalue weighted by Gasteiger charge is 2.27. The SMILES string of the molecule is CCCNCc1cc(C(C)C)nc(N2CC(C)CC2C)c1. The molecular formula is C18H31N3. The minimum Gasteiger partial charge on any atom is -0.354 e. The molecule has 2 rings (SSSR count). The lowest BCUT2D eigenvalue weighted by molar-refractivity contribution is 0.625. The highest BCUT2D eigenvalue weighted by Crippen LogP contribution is 2.29. The normalized spacial score (nSPS) is 22.3. The summed E-state index contributed by atoms with van der Waals surface area (Å²) in [5, 5.41) is 3.51. The molecule has 1 saturated heterocycles. The number of hydrogen-bond acceptors (Lipinski definition) is 3. The van der Waals surface area contributed by atoms with E-state index in [1.807, 2.05) is 0 Å². The fourth-order valence-corrected chi connectivity index (χ4v) is 3.17. The van der Waals surface area contributed by atoms with Crippen LogP contribution in [-0.2, 0) is 6.54 Å². The van der Waals surface area contributed by atoms with E-state index >= 15 is 0 Å². The number of nitrogens with one attached hydrogen (secondary N) is 1. The van der Waals surface area contributed by atoms with Gasteiger partial charge in [-0.05, 0) is 55.8 Å². The van der Waals surface area contributed by atoms with Gasteiger partial charge in [-0.3, -0.25) is 0 Å². The summed E-state index contributed by atoms with van der Waals surface area (Å²) >= 11 is 0. The molecule has 3 heteroatoms. The fraction of sp³-hybridized carbons (Fsp3) is 0.722. The Morgan fingerprint density at radius 2 is 2.10 bits per heavy atom. The minimum absolute atomic E-state index is 0.477. The van der Waals surface area contributed by atoms with Crippen molar-refractivity contribution in [2.45, 2.75) is 66.0 Å². The molecule has 3 nitrogen and oxygen atoms in total. The number of pyridine rings is 1. The molecule has 118 valence electrons. The molecular weight excluding hydrogens is 258 g/mol. The molecule has 1 aromatic rings. The molecule has 1 fully saturated rings. The van der Waals surface area contributed by atoms with E-state index in [9.17, 15) is 0 Å². The van der Waals surface area contributed by atoms with Gasteiger partial charge in [0, 0.05) is 24.8 Å². The fourth-order valence-electron chi connectivity index (χ4n) is 3.17. The zero-order valence-corrected chi connectivity index (χ0v) is 14.3. The molecule has 0 bridgehead atoms. The number of rotatable bonds is 6. The van der Waals surface area contributed by atoms with Crippen LogP contribution in [-0.4, -0.2) is 24.1 Å². The van der Waals surface area contributed by atoms with Gasteiger partial charge in [-0.1, -0.05) is 27.7 Å². The van der Waals surface area contributed by atoms with Crippen molar-refractivity contribution in [2.75, 3.05) is 18.0 Å². The summed E-state index contributed by atoms with van der Waals surface area (Å²) in [7, 11) is 0. The smallest absolute Gasteiger partial charge is 0.129 e. The second-order valence-corrected chi connectivity index (χ2v) is 6.93. The summed E-state index contributed by atoms with van der Waals surface area (Å²) in [5.74, 6) is 2.42. The quantitative estimate of drug-likeness (QED) is 0.804. The monoisotopic (exact) mass is 289 g/mol. The molecule has 0 radical (unpaired) electrons. The van der Waals surface area contributed by atoms with Crippen molar-refractivity contribution in [3.63, 3.8) is 0 Å². The average Bonchev–Trinajstić information content (AvgIpc) is 2.77. The molecule has 0 amide bonds. The van der Waals surface area contributed by atoms with Gasteiger partial charge in [-0.15, -0.1) is 0 Å². The molecule has 1 aliphatic heterocycles. The van der Waals surface area contributed by atoms with Crippen molar-refractivity contribution in [2.24, 2.45) is 5.92 Å². The van der Waals surface area contributed by atoms with E-state index in [0.29, 0.717) is 12.0 Å². The van der Waals surface area contributed by atoms with Crippen LogP contribution in [0.15, 0.2) is 12.1 Å². The summed E-state index contributed by atoms with van der Waals surface area (Å²) in [4.78, 5) is 7.41. The Kier molecular flexibility index (Phi) is 5.63. The maximum absolute atomic E-state index is 4.93. The van der Waals surface area contributed by atoms with Crippen molar-refractivity contribution in [1.82, 2.24) is 10.3 Å². The van der Waals surface area contributed by atoms with Gasteiger partial charge in [-0.25, -0.2) is 4.98 Å². The van der Waals surface area contributed by atoms with E-state index in [-0.39, 0.29) is 0 Å². The van der Waals surface area contributed by atoms with Gasteiger partial charge >= 0.3 is 0 Å². The van der Waals surface area contributed by atoms with E-state index < -0.39 is 0 Å². The van der Waals surface area contributed by atoms with E-state index in [0.717, 1.165) is 25.6 Å². The van der Waals surface area contributed by atoms with Crippen LogP contribution >= 0.6 is 0 Å². The molecule has 21 heavy (non-hydrogen) atoms. The Balaban J connectivity index is 2.23. The first-order valence-corrected chi connectivity index (χ1v) is 8.49. The van der Waals surface area contributed by atoms with Crippen molar-refractivity contribution in [3.8, 4) is 0 Å². The van der Waals surface area contributed by atoms with Gasteiger partial charge in [0.05, 0.1) is 0 Å². The first-order valence-electron chi connectivity index (χ1n) is 8.49. The Hall–Kier alpha value is -1.09. The predicted octanol–water partition coefficient (Wildman–Crippen LogP) is 3.94. The molecule has 2 atom stereocenters. The Morgan fingerprint density at radius 1 is 1.33 bits per heavy atom. The molecule has 0 saturated carbocycles. The largest absolute Gasteiger partial charge is 0.354 e. The maximum atomic E-state index is 4.93. The van der Waals surface area contributed by atoms with Crippen molar-refractivity contribution < 1.29 is 0 Å². The van der Waals surface area contributed by atoms with Gasteiger partial charge in [0.2, 0.25) is 0 Å². The zero-order valence-electron chi connectivity index (χ0n) is 14.3. The van der Waals surface area contributed by atoms with Crippen LogP contribution in [0.1, 0.15) is 64.6 Å². The zero-order chi connectivity index (χ0) is 15.4. The van der Waals surface area contributed by atoms with Gasteiger partial charge < -0.3 is 10.2 Å². The van der Waals surface area contributed by atoms with Gasteiger partial charge in [0.15, 0.2) is 0 Å². The summed E-state index contributed by atoms with van der Waals surface area (Å²) < 4.78 is 0. The Labute approximate surface area is 130 Å². The predicted molar refractivity (Wildman–Crippen MR) is 90.9 cm³/mol. The van der Waals surface area contributed by atoms with Crippen molar-refractivity contribution in [3.05, 3.63) is 23.4 Å². The molecule has 1 N–H and O–H groups in total. The number of anilines is 1. The second kappa shape index (κ2) is 7.26. The molecule has 0 spiro atoms. The molecule has 0 aliphatic carbocycles.